The standard InChI is InChI=1S/C23H18F3N5OS/c24-23(25,26)16-3-1-14(2-4-16)20-6-5-17(33-20)11-31-8-7-19-18(12-31)22(32)30-21(29-19)15-9-27-13-28-10-15/h1-6,9-10,13H,7-8,11-12H2,(H,29,30,32). The number of alkyl halides is 3. The fourth-order valence-corrected chi connectivity index (χ4v) is 4.89. The molecule has 1 aromatic carbocycles. The lowest BCUT2D eigenvalue weighted by atomic mass is 10.1. The van der Waals surface area contributed by atoms with Gasteiger partial charge in [-0.15, -0.1) is 11.3 Å². The van der Waals surface area contributed by atoms with Crippen molar-refractivity contribution >= 4 is 11.3 Å². The number of rotatable bonds is 4. The van der Waals surface area contributed by atoms with Gasteiger partial charge in [0.15, 0.2) is 0 Å². The Morgan fingerprint density at radius 1 is 1.03 bits per heavy atom. The van der Waals surface area contributed by atoms with Crippen LogP contribution in [0.25, 0.3) is 21.8 Å². The van der Waals surface area contributed by atoms with Crippen molar-refractivity contribution in [2.75, 3.05) is 6.54 Å². The first kappa shape index (κ1) is 21.5. The topological polar surface area (TPSA) is 74.8 Å². The van der Waals surface area contributed by atoms with Gasteiger partial charge in [0, 0.05) is 48.2 Å². The third-order valence-electron chi connectivity index (χ3n) is 5.52. The van der Waals surface area contributed by atoms with Gasteiger partial charge in [-0.05, 0) is 29.8 Å². The summed E-state index contributed by atoms with van der Waals surface area (Å²) >= 11 is 1.54. The summed E-state index contributed by atoms with van der Waals surface area (Å²) in [5, 5.41) is 0. The second kappa shape index (κ2) is 8.53. The molecular weight excluding hydrogens is 451 g/mol. The third kappa shape index (κ3) is 4.57. The minimum atomic E-state index is -4.34. The molecule has 0 bridgehead atoms. The van der Waals surface area contributed by atoms with Crippen molar-refractivity contribution < 1.29 is 13.2 Å². The first-order chi connectivity index (χ1) is 15.9. The van der Waals surface area contributed by atoms with Crippen molar-refractivity contribution in [1.29, 1.82) is 0 Å². The molecule has 4 aromatic rings. The average molecular weight is 469 g/mol. The van der Waals surface area contributed by atoms with Crippen LogP contribution in [0.15, 0.2) is 59.9 Å². The summed E-state index contributed by atoms with van der Waals surface area (Å²) in [6.45, 7) is 1.89. The third-order valence-corrected chi connectivity index (χ3v) is 6.64. The Bertz CT molecular complexity index is 1330. The number of thiophene rings is 1. The highest BCUT2D eigenvalue weighted by Crippen LogP contribution is 2.33. The molecule has 6 nitrogen and oxygen atoms in total. The fourth-order valence-electron chi connectivity index (χ4n) is 3.84. The van der Waals surface area contributed by atoms with E-state index in [4.69, 9.17) is 0 Å². The van der Waals surface area contributed by atoms with Crippen molar-refractivity contribution in [3.63, 3.8) is 0 Å². The largest absolute Gasteiger partial charge is 0.416 e. The molecule has 5 rings (SSSR count). The fraction of sp³-hybridized carbons (Fsp3) is 0.217. The number of nitrogens with zero attached hydrogens (tertiary/aromatic N) is 4. The van der Waals surface area contributed by atoms with E-state index in [1.54, 1.807) is 12.4 Å². The lowest BCUT2D eigenvalue weighted by molar-refractivity contribution is -0.137. The van der Waals surface area contributed by atoms with Gasteiger partial charge in [0.1, 0.15) is 12.2 Å². The van der Waals surface area contributed by atoms with Crippen LogP contribution < -0.4 is 5.56 Å². The molecule has 168 valence electrons. The molecule has 0 aliphatic carbocycles. The number of nitrogens with one attached hydrogen (secondary N) is 1. The van der Waals surface area contributed by atoms with Gasteiger partial charge in [0.25, 0.3) is 5.56 Å². The molecule has 0 amide bonds. The van der Waals surface area contributed by atoms with Gasteiger partial charge in [-0.1, -0.05) is 12.1 Å². The van der Waals surface area contributed by atoms with E-state index in [1.807, 2.05) is 12.1 Å². The van der Waals surface area contributed by atoms with Crippen LogP contribution in [-0.4, -0.2) is 31.4 Å². The van der Waals surface area contributed by atoms with Crippen LogP contribution in [-0.2, 0) is 25.7 Å². The molecule has 0 fully saturated rings. The first-order valence-electron chi connectivity index (χ1n) is 10.2. The van der Waals surface area contributed by atoms with Crippen LogP contribution >= 0.6 is 11.3 Å². The Hall–Kier alpha value is -3.37. The van der Waals surface area contributed by atoms with E-state index in [1.165, 1.54) is 29.8 Å². The van der Waals surface area contributed by atoms with Gasteiger partial charge in [-0.3, -0.25) is 9.69 Å². The molecule has 4 heterocycles. The summed E-state index contributed by atoms with van der Waals surface area (Å²) in [4.78, 5) is 32.2. The molecule has 3 aromatic heterocycles. The molecule has 0 radical (unpaired) electrons. The van der Waals surface area contributed by atoms with Gasteiger partial charge in [0.05, 0.1) is 22.4 Å². The molecule has 0 unspecified atom stereocenters. The van der Waals surface area contributed by atoms with Crippen LogP contribution in [0.3, 0.4) is 0 Å². The molecule has 0 spiro atoms. The molecule has 0 atom stereocenters. The van der Waals surface area contributed by atoms with E-state index in [-0.39, 0.29) is 5.56 Å². The van der Waals surface area contributed by atoms with Crippen LogP contribution in [0, 0.1) is 0 Å². The number of halogens is 3. The molecule has 1 aliphatic heterocycles. The summed E-state index contributed by atoms with van der Waals surface area (Å²) in [6.07, 6.45) is 0.949. The van der Waals surface area contributed by atoms with Crippen molar-refractivity contribution in [3.05, 3.63) is 87.2 Å². The van der Waals surface area contributed by atoms with Gasteiger partial charge in [-0.25, -0.2) is 15.0 Å². The molecule has 0 saturated heterocycles. The van der Waals surface area contributed by atoms with E-state index < -0.39 is 11.7 Å². The Labute approximate surface area is 190 Å². The number of benzene rings is 1. The van der Waals surface area contributed by atoms with Gasteiger partial charge in [0.2, 0.25) is 0 Å². The molecular formula is C23H18F3N5OS. The lowest BCUT2D eigenvalue weighted by Gasteiger charge is -2.27. The van der Waals surface area contributed by atoms with E-state index in [0.717, 1.165) is 39.7 Å². The normalized spacial score (nSPS) is 14.3. The number of hydrogen-bond acceptors (Lipinski definition) is 6. The molecule has 10 heteroatoms. The van der Waals surface area contributed by atoms with Crippen molar-refractivity contribution in [2.45, 2.75) is 25.7 Å². The first-order valence-corrected chi connectivity index (χ1v) is 11.0. The minimum Gasteiger partial charge on any atom is -0.306 e. The van der Waals surface area contributed by atoms with E-state index in [9.17, 15) is 18.0 Å². The molecule has 0 saturated carbocycles. The molecule has 33 heavy (non-hydrogen) atoms. The zero-order chi connectivity index (χ0) is 23.0. The monoisotopic (exact) mass is 469 g/mol. The van der Waals surface area contributed by atoms with Gasteiger partial charge < -0.3 is 4.98 Å². The van der Waals surface area contributed by atoms with Crippen molar-refractivity contribution in [2.24, 2.45) is 0 Å². The zero-order valence-electron chi connectivity index (χ0n) is 17.3. The zero-order valence-corrected chi connectivity index (χ0v) is 18.1. The van der Waals surface area contributed by atoms with Crippen LogP contribution in [0.4, 0.5) is 13.2 Å². The average Bonchev–Trinajstić information content (AvgIpc) is 3.28. The maximum atomic E-state index is 12.8. The Morgan fingerprint density at radius 2 is 1.79 bits per heavy atom. The van der Waals surface area contributed by atoms with Crippen molar-refractivity contribution in [3.8, 4) is 21.8 Å². The van der Waals surface area contributed by atoms with Crippen molar-refractivity contribution in [1.82, 2.24) is 24.8 Å². The van der Waals surface area contributed by atoms with E-state index in [0.29, 0.717) is 36.5 Å². The molecule has 1 N–H and O–H groups in total. The summed E-state index contributed by atoms with van der Waals surface area (Å²) in [5.74, 6) is 0.465. The van der Waals surface area contributed by atoms with Crippen LogP contribution in [0.2, 0.25) is 0 Å². The minimum absolute atomic E-state index is 0.167. The predicted molar refractivity (Wildman–Crippen MR) is 118 cm³/mol. The highest BCUT2D eigenvalue weighted by atomic mass is 32.1. The van der Waals surface area contributed by atoms with E-state index >= 15 is 0 Å². The van der Waals surface area contributed by atoms with E-state index in [2.05, 4.69) is 24.8 Å². The highest BCUT2D eigenvalue weighted by Gasteiger charge is 2.30. The Balaban J connectivity index is 1.30. The van der Waals surface area contributed by atoms with Crippen LogP contribution in [0.5, 0.6) is 0 Å². The van der Waals surface area contributed by atoms with Gasteiger partial charge >= 0.3 is 6.18 Å². The Morgan fingerprint density at radius 3 is 2.52 bits per heavy atom. The summed E-state index contributed by atoms with van der Waals surface area (Å²) in [5.41, 5.74) is 2.03. The lowest BCUT2D eigenvalue weighted by Crippen LogP contribution is -2.35. The predicted octanol–water partition coefficient (Wildman–Crippen LogP) is 4.53. The number of aromatic nitrogens is 4. The highest BCUT2D eigenvalue weighted by molar-refractivity contribution is 7.15. The maximum Gasteiger partial charge on any atom is 0.416 e. The summed E-state index contributed by atoms with van der Waals surface area (Å²) < 4.78 is 38.4. The SMILES string of the molecule is O=c1[nH]c(-c2cncnc2)nc2c1CN(Cc1ccc(-c3ccc(C(F)(F)F)cc3)s1)CC2. The number of aromatic amines is 1. The second-order valence-electron chi connectivity index (χ2n) is 7.77. The maximum absolute atomic E-state index is 12.8. The summed E-state index contributed by atoms with van der Waals surface area (Å²) in [6, 6.07) is 9.10. The summed E-state index contributed by atoms with van der Waals surface area (Å²) in [7, 11) is 0. The number of fused-ring (bicyclic) bond motifs is 1. The number of hydrogen-bond donors (Lipinski definition) is 1. The second-order valence-corrected chi connectivity index (χ2v) is 8.94. The van der Waals surface area contributed by atoms with Gasteiger partial charge in [-0.2, -0.15) is 13.2 Å². The smallest absolute Gasteiger partial charge is 0.306 e. The molecule has 1 aliphatic rings. The number of H-pyrrole nitrogens is 1. The quantitative estimate of drug-likeness (QED) is 0.475. The Kier molecular flexibility index (Phi) is 5.55. The van der Waals surface area contributed by atoms with Crippen LogP contribution in [0.1, 0.15) is 21.7 Å².